The minimum atomic E-state index is -0.219. The van der Waals surface area contributed by atoms with E-state index in [1.807, 2.05) is 90.3 Å². The number of carbonyl (C=O) groups excluding carboxylic acids is 1. The first-order chi connectivity index (χ1) is 14.3. The molecular weight excluding hydrogens is 378 g/mol. The van der Waals surface area contributed by atoms with E-state index in [0.29, 0.717) is 6.54 Å². The highest BCUT2D eigenvalue weighted by atomic mass is 32.1. The molecule has 0 atom stereocenters. The molecule has 2 aromatic carbocycles. The van der Waals surface area contributed by atoms with E-state index in [9.17, 15) is 4.79 Å². The number of thiophene rings is 1. The second-order valence-electron chi connectivity index (χ2n) is 6.57. The SMILES string of the molecule is O=C(NCc1cccnc1-c1cccs1)NC(c1ccccc1)c1ccccc1. The summed E-state index contributed by atoms with van der Waals surface area (Å²) >= 11 is 1.64. The van der Waals surface area contributed by atoms with Crippen molar-refractivity contribution in [2.24, 2.45) is 0 Å². The van der Waals surface area contributed by atoms with Gasteiger partial charge >= 0.3 is 6.03 Å². The van der Waals surface area contributed by atoms with Crippen LogP contribution in [0.5, 0.6) is 0 Å². The molecule has 0 radical (unpaired) electrons. The summed E-state index contributed by atoms with van der Waals surface area (Å²) in [4.78, 5) is 18.3. The number of hydrogen-bond acceptors (Lipinski definition) is 3. The zero-order chi connectivity index (χ0) is 19.9. The van der Waals surface area contributed by atoms with Crippen molar-refractivity contribution >= 4 is 17.4 Å². The molecule has 0 aliphatic rings. The van der Waals surface area contributed by atoms with Gasteiger partial charge < -0.3 is 10.6 Å². The predicted molar refractivity (Wildman–Crippen MR) is 118 cm³/mol. The molecule has 4 aromatic rings. The molecule has 0 aliphatic heterocycles. The average Bonchev–Trinajstić information content (AvgIpc) is 3.32. The third-order valence-corrected chi connectivity index (χ3v) is 5.50. The number of hydrogen-bond donors (Lipinski definition) is 2. The number of aromatic nitrogens is 1. The normalized spacial score (nSPS) is 10.7. The van der Waals surface area contributed by atoms with Gasteiger partial charge in [0.05, 0.1) is 16.6 Å². The summed E-state index contributed by atoms with van der Waals surface area (Å²) in [7, 11) is 0. The molecule has 2 amide bonds. The van der Waals surface area contributed by atoms with E-state index in [0.717, 1.165) is 27.3 Å². The Kier molecular flexibility index (Phi) is 5.98. The van der Waals surface area contributed by atoms with Crippen molar-refractivity contribution in [3.05, 3.63) is 113 Å². The number of nitrogens with one attached hydrogen (secondary N) is 2. The van der Waals surface area contributed by atoms with Gasteiger partial charge in [-0.25, -0.2) is 4.79 Å². The van der Waals surface area contributed by atoms with Crippen LogP contribution in [-0.2, 0) is 6.54 Å². The summed E-state index contributed by atoms with van der Waals surface area (Å²) in [6.45, 7) is 0.406. The molecule has 0 saturated heterocycles. The quantitative estimate of drug-likeness (QED) is 0.456. The summed E-state index contributed by atoms with van der Waals surface area (Å²) < 4.78 is 0. The van der Waals surface area contributed by atoms with Gasteiger partial charge in [-0.1, -0.05) is 72.8 Å². The standard InChI is InChI=1S/C24H21N3OS/c28-24(26-17-20-13-7-15-25-23(20)21-14-8-16-29-21)27-22(18-9-3-1-4-10-18)19-11-5-2-6-12-19/h1-16,22H,17H2,(H2,26,27,28). The van der Waals surface area contributed by atoms with E-state index in [1.54, 1.807) is 17.5 Å². The van der Waals surface area contributed by atoms with E-state index in [1.165, 1.54) is 0 Å². The van der Waals surface area contributed by atoms with E-state index in [-0.39, 0.29) is 12.1 Å². The molecule has 0 spiro atoms. The summed E-state index contributed by atoms with van der Waals surface area (Å²) in [5, 5.41) is 8.12. The molecule has 2 aromatic heterocycles. The lowest BCUT2D eigenvalue weighted by atomic mass is 9.99. The van der Waals surface area contributed by atoms with Gasteiger partial charge in [-0.2, -0.15) is 0 Å². The van der Waals surface area contributed by atoms with Crippen molar-refractivity contribution in [1.82, 2.24) is 15.6 Å². The molecule has 4 rings (SSSR count). The number of nitrogens with zero attached hydrogens (tertiary/aromatic N) is 1. The summed E-state index contributed by atoms with van der Waals surface area (Å²) in [5.41, 5.74) is 3.97. The molecular formula is C24H21N3OS. The van der Waals surface area contributed by atoms with Crippen LogP contribution in [0, 0.1) is 0 Å². The first-order valence-corrected chi connectivity index (χ1v) is 10.3. The molecule has 5 heteroatoms. The molecule has 0 fully saturated rings. The van der Waals surface area contributed by atoms with Crippen molar-refractivity contribution in [3.8, 4) is 10.6 Å². The molecule has 0 unspecified atom stereocenters. The molecule has 0 bridgehead atoms. The first-order valence-electron chi connectivity index (χ1n) is 9.43. The Labute approximate surface area is 174 Å². The van der Waals surface area contributed by atoms with Crippen LogP contribution in [-0.4, -0.2) is 11.0 Å². The van der Waals surface area contributed by atoms with Crippen LogP contribution < -0.4 is 10.6 Å². The molecule has 4 nitrogen and oxygen atoms in total. The van der Waals surface area contributed by atoms with Crippen LogP contribution >= 0.6 is 11.3 Å². The third-order valence-electron chi connectivity index (χ3n) is 4.63. The number of urea groups is 1. The Hall–Kier alpha value is -3.44. The molecule has 144 valence electrons. The van der Waals surface area contributed by atoms with Crippen molar-refractivity contribution in [3.63, 3.8) is 0 Å². The van der Waals surface area contributed by atoms with E-state index in [4.69, 9.17) is 0 Å². The van der Waals surface area contributed by atoms with Crippen LogP contribution in [0.1, 0.15) is 22.7 Å². The Bertz CT molecular complexity index is 1010. The molecule has 2 N–H and O–H groups in total. The Morgan fingerprint density at radius 2 is 1.55 bits per heavy atom. The number of carbonyl (C=O) groups is 1. The lowest BCUT2D eigenvalue weighted by molar-refractivity contribution is 0.238. The van der Waals surface area contributed by atoms with Gasteiger partial charge in [-0.15, -0.1) is 11.3 Å². The summed E-state index contributed by atoms with van der Waals surface area (Å²) in [5.74, 6) is 0. The van der Waals surface area contributed by atoms with Gasteiger partial charge in [0, 0.05) is 12.7 Å². The lowest BCUT2D eigenvalue weighted by Gasteiger charge is -2.20. The third kappa shape index (κ3) is 4.70. The maximum absolute atomic E-state index is 12.7. The fourth-order valence-electron chi connectivity index (χ4n) is 3.22. The number of amides is 2. The van der Waals surface area contributed by atoms with Crippen LogP contribution in [0.15, 0.2) is 96.5 Å². The van der Waals surface area contributed by atoms with Gasteiger partial charge in [-0.05, 0) is 34.2 Å². The van der Waals surface area contributed by atoms with Crippen molar-refractivity contribution < 1.29 is 4.79 Å². The van der Waals surface area contributed by atoms with Gasteiger partial charge in [0.2, 0.25) is 0 Å². The van der Waals surface area contributed by atoms with Crippen molar-refractivity contribution in [1.29, 1.82) is 0 Å². The fourth-order valence-corrected chi connectivity index (χ4v) is 3.98. The highest BCUT2D eigenvalue weighted by molar-refractivity contribution is 7.13. The zero-order valence-corrected chi connectivity index (χ0v) is 16.6. The maximum Gasteiger partial charge on any atom is 0.315 e. The second kappa shape index (κ2) is 9.17. The Morgan fingerprint density at radius 1 is 0.862 bits per heavy atom. The highest BCUT2D eigenvalue weighted by Crippen LogP contribution is 2.26. The maximum atomic E-state index is 12.7. The van der Waals surface area contributed by atoms with E-state index >= 15 is 0 Å². The number of pyridine rings is 1. The number of rotatable bonds is 6. The van der Waals surface area contributed by atoms with Gasteiger partial charge in [0.25, 0.3) is 0 Å². The molecule has 0 aliphatic carbocycles. The average molecular weight is 400 g/mol. The van der Waals surface area contributed by atoms with E-state index < -0.39 is 0 Å². The monoisotopic (exact) mass is 399 g/mol. The second-order valence-corrected chi connectivity index (χ2v) is 7.52. The lowest BCUT2D eigenvalue weighted by Crippen LogP contribution is -2.38. The highest BCUT2D eigenvalue weighted by Gasteiger charge is 2.17. The first kappa shape index (κ1) is 18.9. The minimum Gasteiger partial charge on any atom is -0.334 e. The molecule has 29 heavy (non-hydrogen) atoms. The van der Waals surface area contributed by atoms with Gasteiger partial charge in [0.1, 0.15) is 0 Å². The van der Waals surface area contributed by atoms with Crippen molar-refractivity contribution in [2.75, 3.05) is 0 Å². The summed E-state index contributed by atoms with van der Waals surface area (Å²) in [6.07, 6.45) is 1.78. The number of benzene rings is 2. The van der Waals surface area contributed by atoms with Crippen LogP contribution in [0.4, 0.5) is 4.79 Å². The Morgan fingerprint density at radius 3 is 2.17 bits per heavy atom. The largest absolute Gasteiger partial charge is 0.334 e. The Balaban J connectivity index is 1.49. The predicted octanol–water partition coefficient (Wildman–Crippen LogP) is 5.40. The van der Waals surface area contributed by atoms with Crippen LogP contribution in [0.3, 0.4) is 0 Å². The summed E-state index contributed by atoms with van der Waals surface area (Å²) in [6, 6.07) is 27.4. The van der Waals surface area contributed by atoms with E-state index in [2.05, 4.69) is 15.6 Å². The van der Waals surface area contributed by atoms with Crippen LogP contribution in [0.25, 0.3) is 10.6 Å². The van der Waals surface area contributed by atoms with Gasteiger partial charge in [-0.3, -0.25) is 4.98 Å². The fraction of sp³-hybridized carbons (Fsp3) is 0.0833. The van der Waals surface area contributed by atoms with Crippen molar-refractivity contribution in [2.45, 2.75) is 12.6 Å². The molecule has 0 saturated carbocycles. The topological polar surface area (TPSA) is 54.0 Å². The van der Waals surface area contributed by atoms with Crippen LogP contribution in [0.2, 0.25) is 0 Å². The molecule has 2 heterocycles. The van der Waals surface area contributed by atoms with Gasteiger partial charge in [0.15, 0.2) is 0 Å². The smallest absolute Gasteiger partial charge is 0.315 e. The minimum absolute atomic E-state index is 0.219. The zero-order valence-electron chi connectivity index (χ0n) is 15.8.